The molecule has 0 bridgehead atoms. The number of benzene rings is 1. The lowest BCUT2D eigenvalue weighted by Gasteiger charge is -2.38. The number of carbonyl (C=O) groups is 2. The van der Waals surface area contributed by atoms with Gasteiger partial charge in [0.15, 0.2) is 0 Å². The highest BCUT2D eigenvalue weighted by Crippen LogP contribution is 2.34. The van der Waals surface area contributed by atoms with Crippen molar-refractivity contribution in [3.63, 3.8) is 0 Å². The zero-order valence-electron chi connectivity index (χ0n) is 14.8. The van der Waals surface area contributed by atoms with Crippen LogP contribution in [0.15, 0.2) is 30.3 Å². The van der Waals surface area contributed by atoms with E-state index >= 15 is 0 Å². The average Bonchev–Trinajstić information content (AvgIpc) is 3.15. The van der Waals surface area contributed by atoms with E-state index in [0.717, 1.165) is 45.1 Å². The molecule has 0 radical (unpaired) electrons. The van der Waals surface area contributed by atoms with Crippen molar-refractivity contribution < 1.29 is 9.59 Å². The summed E-state index contributed by atoms with van der Waals surface area (Å²) < 4.78 is 0. The number of likely N-dealkylation sites (tertiary alicyclic amines) is 1. The number of hydrogen-bond donors (Lipinski definition) is 2. The Morgan fingerprint density at radius 3 is 2.64 bits per heavy atom. The number of hydrogen-bond acceptors (Lipinski definition) is 3. The first kappa shape index (κ1) is 17.9. The number of carbonyl (C=O) groups excluding carboxylic acids is 2. The Morgan fingerprint density at radius 2 is 1.88 bits per heavy atom. The second kappa shape index (κ2) is 8.48. The predicted octanol–water partition coefficient (Wildman–Crippen LogP) is 2.17. The molecule has 1 saturated carbocycles. The van der Waals surface area contributed by atoms with Gasteiger partial charge in [-0.25, -0.2) is 0 Å². The average molecular weight is 343 g/mol. The number of piperidine rings is 1. The fourth-order valence-corrected chi connectivity index (χ4v) is 4.26. The van der Waals surface area contributed by atoms with Gasteiger partial charge < -0.3 is 16.0 Å². The zero-order valence-corrected chi connectivity index (χ0v) is 14.8. The summed E-state index contributed by atoms with van der Waals surface area (Å²) in [6.07, 6.45) is 6.24. The van der Waals surface area contributed by atoms with Crippen LogP contribution in [0.2, 0.25) is 0 Å². The molecule has 1 unspecified atom stereocenters. The first-order chi connectivity index (χ1) is 12.2. The molecule has 1 aromatic carbocycles. The molecule has 2 fully saturated rings. The third-order valence-electron chi connectivity index (χ3n) is 5.72. The van der Waals surface area contributed by atoms with Crippen molar-refractivity contribution in [2.45, 2.75) is 44.6 Å². The predicted molar refractivity (Wildman–Crippen MR) is 98.0 cm³/mol. The normalized spacial score (nSPS) is 26.4. The Kier molecular flexibility index (Phi) is 6.08. The summed E-state index contributed by atoms with van der Waals surface area (Å²) in [7, 11) is 0. The Balaban J connectivity index is 1.61. The van der Waals surface area contributed by atoms with E-state index in [-0.39, 0.29) is 23.8 Å². The molecular formula is C20H29N3O2. The van der Waals surface area contributed by atoms with Crippen LogP contribution >= 0.6 is 0 Å². The van der Waals surface area contributed by atoms with Gasteiger partial charge in [0.05, 0.1) is 0 Å². The number of amides is 2. The van der Waals surface area contributed by atoms with Gasteiger partial charge in [0.1, 0.15) is 0 Å². The molecule has 0 aromatic heterocycles. The summed E-state index contributed by atoms with van der Waals surface area (Å²) in [5.41, 5.74) is 6.52. The van der Waals surface area contributed by atoms with Gasteiger partial charge >= 0.3 is 0 Å². The monoisotopic (exact) mass is 343 g/mol. The van der Waals surface area contributed by atoms with Crippen LogP contribution in [0.1, 0.15) is 48.9 Å². The smallest absolute Gasteiger partial charge is 0.251 e. The van der Waals surface area contributed by atoms with Gasteiger partial charge in [0.2, 0.25) is 5.91 Å². The van der Waals surface area contributed by atoms with Crippen molar-refractivity contribution in [2.24, 2.45) is 17.6 Å². The molecule has 1 saturated heterocycles. The van der Waals surface area contributed by atoms with Crippen molar-refractivity contribution in [1.82, 2.24) is 10.2 Å². The summed E-state index contributed by atoms with van der Waals surface area (Å²) in [6, 6.07) is 9.34. The standard InChI is InChI=1S/C20H29N3O2/c21-13-16-9-6-11-18(16)20(25)23-12-5-4-10-17(23)14-22-19(24)15-7-2-1-3-8-15/h1-3,7-8,16-18H,4-6,9-14,21H2,(H,22,24)/t16-,17?,18-/m1/s1. The molecule has 5 nitrogen and oxygen atoms in total. The number of nitrogens with two attached hydrogens (primary N) is 1. The maximum atomic E-state index is 13.1. The van der Waals surface area contributed by atoms with Gasteiger partial charge in [-0.1, -0.05) is 24.6 Å². The molecule has 1 aromatic rings. The van der Waals surface area contributed by atoms with E-state index in [9.17, 15) is 9.59 Å². The first-order valence-electron chi connectivity index (χ1n) is 9.54. The van der Waals surface area contributed by atoms with Gasteiger partial charge in [-0.2, -0.15) is 0 Å². The molecule has 5 heteroatoms. The molecule has 2 amide bonds. The Hall–Kier alpha value is -1.88. The number of nitrogens with one attached hydrogen (secondary N) is 1. The van der Waals surface area contributed by atoms with Crippen LogP contribution in [0.3, 0.4) is 0 Å². The molecule has 2 aliphatic rings. The van der Waals surface area contributed by atoms with Crippen LogP contribution in [-0.2, 0) is 4.79 Å². The van der Waals surface area contributed by atoms with Gasteiger partial charge in [-0.15, -0.1) is 0 Å². The Bertz CT molecular complexity index is 590. The van der Waals surface area contributed by atoms with E-state index < -0.39 is 0 Å². The summed E-state index contributed by atoms with van der Waals surface area (Å²) >= 11 is 0. The number of rotatable bonds is 5. The molecule has 3 N–H and O–H groups in total. The van der Waals surface area contributed by atoms with Crippen LogP contribution in [0, 0.1) is 11.8 Å². The maximum Gasteiger partial charge on any atom is 0.251 e. The molecule has 0 spiro atoms. The molecule has 1 aliphatic carbocycles. The van der Waals surface area contributed by atoms with Gasteiger partial charge in [0.25, 0.3) is 5.91 Å². The van der Waals surface area contributed by atoms with E-state index in [4.69, 9.17) is 5.73 Å². The zero-order chi connectivity index (χ0) is 17.6. The SMILES string of the molecule is NC[C@H]1CCC[C@H]1C(=O)N1CCCCC1CNC(=O)c1ccccc1. The minimum absolute atomic E-state index is 0.0701. The maximum absolute atomic E-state index is 13.1. The highest BCUT2D eigenvalue weighted by Gasteiger charge is 2.37. The number of nitrogens with zero attached hydrogens (tertiary/aromatic N) is 1. The van der Waals surface area contributed by atoms with Crippen LogP contribution in [-0.4, -0.2) is 42.4 Å². The van der Waals surface area contributed by atoms with Crippen molar-refractivity contribution in [2.75, 3.05) is 19.6 Å². The summed E-state index contributed by atoms with van der Waals surface area (Å²) in [5.74, 6) is 0.593. The summed E-state index contributed by atoms with van der Waals surface area (Å²) in [4.78, 5) is 27.4. The van der Waals surface area contributed by atoms with Gasteiger partial charge in [-0.05, 0) is 56.7 Å². The van der Waals surface area contributed by atoms with Crippen LogP contribution in [0.4, 0.5) is 0 Å². The molecule has 3 atom stereocenters. The van der Waals surface area contributed by atoms with E-state index in [1.54, 1.807) is 0 Å². The summed E-state index contributed by atoms with van der Waals surface area (Å²) in [5, 5.41) is 3.01. The lowest BCUT2D eigenvalue weighted by atomic mass is 9.92. The minimum Gasteiger partial charge on any atom is -0.350 e. The van der Waals surface area contributed by atoms with Crippen molar-refractivity contribution in [3.05, 3.63) is 35.9 Å². The van der Waals surface area contributed by atoms with E-state index in [1.807, 2.05) is 35.2 Å². The highest BCUT2D eigenvalue weighted by atomic mass is 16.2. The Labute approximate surface area is 150 Å². The Morgan fingerprint density at radius 1 is 1.08 bits per heavy atom. The van der Waals surface area contributed by atoms with Crippen LogP contribution in [0.25, 0.3) is 0 Å². The van der Waals surface area contributed by atoms with Crippen molar-refractivity contribution in [3.8, 4) is 0 Å². The summed E-state index contributed by atoms with van der Waals surface area (Å²) in [6.45, 7) is 1.93. The van der Waals surface area contributed by atoms with Crippen LogP contribution < -0.4 is 11.1 Å². The topological polar surface area (TPSA) is 75.4 Å². The molecule has 25 heavy (non-hydrogen) atoms. The van der Waals surface area contributed by atoms with E-state index in [1.165, 1.54) is 0 Å². The fourth-order valence-electron chi connectivity index (χ4n) is 4.26. The molecule has 1 heterocycles. The minimum atomic E-state index is -0.0701. The first-order valence-corrected chi connectivity index (χ1v) is 9.54. The van der Waals surface area contributed by atoms with Crippen LogP contribution in [0.5, 0.6) is 0 Å². The van der Waals surface area contributed by atoms with Crippen molar-refractivity contribution >= 4 is 11.8 Å². The van der Waals surface area contributed by atoms with Crippen molar-refractivity contribution in [1.29, 1.82) is 0 Å². The molecular weight excluding hydrogens is 314 g/mol. The van der Waals surface area contributed by atoms with E-state index in [0.29, 0.717) is 24.6 Å². The second-order valence-corrected chi connectivity index (χ2v) is 7.29. The second-order valence-electron chi connectivity index (χ2n) is 7.29. The van der Waals surface area contributed by atoms with Gasteiger partial charge in [-0.3, -0.25) is 9.59 Å². The van der Waals surface area contributed by atoms with Gasteiger partial charge in [0, 0.05) is 30.6 Å². The molecule has 136 valence electrons. The highest BCUT2D eigenvalue weighted by molar-refractivity contribution is 5.94. The van der Waals surface area contributed by atoms with E-state index in [2.05, 4.69) is 5.32 Å². The third kappa shape index (κ3) is 4.21. The lowest BCUT2D eigenvalue weighted by molar-refractivity contribution is -0.140. The quantitative estimate of drug-likeness (QED) is 0.860. The third-order valence-corrected chi connectivity index (χ3v) is 5.72. The molecule has 3 rings (SSSR count). The lowest BCUT2D eigenvalue weighted by Crippen LogP contribution is -2.52. The molecule has 1 aliphatic heterocycles. The largest absolute Gasteiger partial charge is 0.350 e. The fraction of sp³-hybridized carbons (Fsp3) is 0.600.